The highest BCUT2D eigenvalue weighted by Crippen LogP contribution is 2.22. The molecule has 2 aliphatic rings. The summed E-state index contributed by atoms with van der Waals surface area (Å²) in [5.74, 6) is 1.46. The molecule has 1 amide bonds. The molecule has 112 valence electrons. The number of carbonyl (C=O) groups is 1. The largest absolute Gasteiger partial charge is 0.465 e. The van der Waals surface area contributed by atoms with Crippen LogP contribution in [-0.4, -0.2) is 24.3 Å². The van der Waals surface area contributed by atoms with Gasteiger partial charge in [-0.05, 0) is 44.1 Å². The maximum absolute atomic E-state index is 10.1. The summed E-state index contributed by atoms with van der Waals surface area (Å²) in [7, 11) is 0. The zero-order valence-electron chi connectivity index (χ0n) is 12.1. The second-order valence-electron chi connectivity index (χ2n) is 5.93. The first-order valence-electron chi connectivity index (χ1n) is 7.89. The molecule has 0 heterocycles. The predicted octanol–water partition coefficient (Wildman–Crippen LogP) is 3.36. The van der Waals surface area contributed by atoms with Gasteiger partial charge >= 0.3 is 6.09 Å². The number of nitrogens with two attached hydrogens (primary N) is 1. The van der Waals surface area contributed by atoms with E-state index in [1.807, 2.05) is 0 Å². The molecule has 0 radical (unpaired) electrons. The summed E-state index contributed by atoms with van der Waals surface area (Å²) in [6.07, 6.45) is 12.4. The SMILES string of the molecule is NCC1CCCCC1.O=C(O)NCC1CCCCC1. The van der Waals surface area contributed by atoms with E-state index in [2.05, 4.69) is 5.32 Å². The lowest BCUT2D eigenvalue weighted by Gasteiger charge is -2.20. The Kier molecular flexibility index (Phi) is 8.63. The van der Waals surface area contributed by atoms with Crippen LogP contribution in [-0.2, 0) is 0 Å². The minimum Gasteiger partial charge on any atom is -0.465 e. The molecule has 19 heavy (non-hydrogen) atoms. The lowest BCUT2D eigenvalue weighted by molar-refractivity contribution is 0.190. The van der Waals surface area contributed by atoms with Crippen molar-refractivity contribution in [3.05, 3.63) is 0 Å². The molecule has 0 aromatic carbocycles. The Hall–Kier alpha value is -0.770. The van der Waals surface area contributed by atoms with Gasteiger partial charge in [0.05, 0.1) is 0 Å². The summed E-state index contributed by atoms with van der Waals surface area (Å²) in [6.45, 7) is 1.56. The van der Waals surface area contributed by atoms with E-state index in [0.717, 1.165) is 12.5 Å². The van der Waals surface area contributed by atoms with E-state index in [4.69, 9.17) is 10.8 Å². The number of carboxylic acid groups (broad SMARTS) is 1. The standard InChI is InChI=1S/C8H15NO2.C7H15N/c10-8(11)9-6-7-4-2-1-3-5-7;8-6-7-4-2-1-3-5-7/h7,9H,1-6H2,(H,10,11);7H,1-6,8H2. The summed E-state index contributed by atoms with van der Waals surface area (Å²) >= 11 is 0. The van der Waals surface area contributed by atoms with Gasteiger partial charge in [-0.2, -0.15) is 0 Å². The Morgan fingerprint density at radius 1 is 0.947 bits per heavy atom. The highest BCUT2D eigenvalue weighted by Gasteiger charge is 2.13. The molecule has 4 heteroatoms. The first kappa shape index (κ1) is 16.3. The van der Waals surface area contributed by atoms with E-state index in [1.165, 1.54) is 64.2 Å². The fourth-order valence-corrected chi connectivity index (χ4v) is 3.05. The van der Waals surface area contributed by atoms with Crippen LogP contribution >= 0.6 is 0 Å². The van der Waals surface area contributed by atoms with Crippen LogP contribution < -0.4 is 11.1 Å². The van der Waals surface area contributed by atoms with Gasteiger partial charge in [-0.3, -0.25) is 0 Å². The van der Waals surface area contributed by atoms with Crippen LogP contribution in [0, 0.1) is 11.8 Å². The predicted molar refractivity (Wildman–Crippen MR) is 78.2 cm³/mol. The third-order valence-corrected chi connectivity index (χ3v) is 4.32. The van der Waals surface area contributed by atoms with Crippen molar-refractivity contribution in [3.8, 4) is 0 Å². The first-order valence-corrected chi connectivity index (χ1v) is 7.89. The van der Waals surface area contributed by atoms with E-state index in [1.54, 1.807) is 0 Å². The molecule has 4 nitrogen and oxygen atoms in total. The molecule has 2 rings (SSSR count). The maximum atomic E-state index is 10.1. The zero-order chi connectivity index (χ0) is 13.9. The zero-order valence-corrected chi connectivity index (χ0v) is 12.1. The van der Waals surface area contributed by atoms with Gasteiger partial charge in [-0.1, -0.05) is 38.5 Å². The number of hydrogen-bond donors (Lipinski definition) is 3. The molecule has 0 bridgehead atoms. The van der Waals surface area contributed by atoms with Crippen LogP contribution in [0.1, 0.15) is 64.2 Å². The van der Waals surface area contributed by atoms with E-state index in [9.17, 15) is 4.79 Å². The Morgan fingerprint density at radius 3 is 1.79 bits per heavy atom. The molecule has 0 saturated heterocycles. The number of amides is 1. The van der Waals surface area contributed by atoms with E-state index < -0.39 is 6.09 Å². The fourth-order valence-electron chi connectivity index (χ4n) is 3.05. The Balaban J connectivity index is 0.000000200. The van der Waals surface area contributed by atoms with Gasteiger partial charge in [-0.25, -0.2) is 4.79 Å². The molecule has 0 atom stereocenters. The van der Waals surface area contributed by atoms with Crippen LogP contribution in [0.5, 0.6) is 0 Å². The minimum atomic E-state index is -0.893. The summed E-state index contributed by atoms with van der Waals surface area (Å²) in [5, 5.41) is 10.8. The van der Waals surface area contributed by atoms with Gasteiger partial charge < -0.3 is 16.2 Å². The highest BCUT2D eigenvalue weighted by molar-refractivity contribution is 5.64. The number of nitrogens with one attached hydrogen (secondary N) is 1. The molecule has 0 aromatic heterocycles. The normalized spacial score (nSPS) is 21.3. The average Bonchev–Trinajstić information content (AvgIpc) is 2.48. The third kappa shape index (κ3) is 8.09. The van der Waals surface area contributed by atoms with Crippen LogP contribution in [0.25, 0.3) is 0 Å². The molecule has 2 aliphatic carbocycles. The smallest absolute Gasteiger partial charge is 0.404 e. The van der Waals surface area contributed by atoms with Gasteiger partial charge in [-0.15, -0.1) is 0 Å². The van der Waals surface area contributed by atoms with Crippen LogP contribution in [0.4, 0.5) is 4.79 Å². The molecule has 2 fully saturated rings. The van der Waals surface area contributed by atoms with Crippen molar-refractivity contribution in [2.24, 2.45) is 17.6 Å². The van der Waals surface area contributed by atoms with E-state index in [-0.39, 0.29) is 0 Å². The maximum Gasteiger partial charge on any atom is 0.404 e. The fraction of sp³-hybridized carbons (Fsp3) is 0.933. The van der Waals surface area contributed by atoms with Gasteiger partial charge in [0.1, 0.15) is 0 Å². The Bertz CT molecular complexity index is 234. The molecular weight excluding hydrogens is 240 g/mol. The number of hydrogen-bond acceptors (Lipinski definition) is 2. The number of rotatable bonds is 3. The van der Waals surface area contributed by atoms with Crippen molar-refractivity contribution in [1.82, 2.24) is 5.32 Å². The second kappa shape index (κ2) is 10.1. The molecule has 0 aromatic rings. The van der Waals surface area contributed by atoms with Crippen LogP contribution in [0.15, 0.2) is 0 Å². The van der Waals surface area contributed by atoms with Crippen molar-refractivity contribution in [2.45, 2.75) is 64.2 Å². The first-order chi connectivity index (χ1) is 9.22. The molecular formula is C15H30N2O2. The van der Waals surface area contributed by atoms with Crippen molar-refractivity contribution in [2.75, 3.05) is 13.1 Å². The van der Waals surface area contributed by atoms with Gasteiger partial charge in [0.2, 0.25) is 0 Å². The summed E-state index contributed by atoms with van der Waals surface area (Å²) in [4.78, 5) is 10.1. The van der Waals surface area contributed by atoms with Crippen LogP contribution in [0.2, 0.25) is 0 Å². The molecule has 4 N–H and O–H groups in total. The highest BCUT2D eigenvalue weighted by atomic mass is 16.4. The summed E-state index contributed by atoms with van der Waals surface area (Å²) in [5.41, 5.74) is 5.50. The monoisotopic (exact) mass is 270 g/mol. The summed E-state index contributed by atoms with van der Waals surface area (Å²) < 4.78 is 0. The van der Waals surface area contributed by atoms with E-state index in [0.29, 0.717) is 12.5 Å². The Morgan fingerprint density at radius 2 is 1.42 bits per heavy atom. The van der Waals surface area contributed by atoms with Crippen molar-refractivity contribution >= 4 is 6.09 Å². The Labute approximate surface area is 117 Å². The van der Waals surface area contributed by atoms with Crippen LogP contribution in [0.3, 0.4) is 0 Å². The lowest BCUT2D eigenvalue weighted by atomic mass is 9.89. The lowest BCUT2D eigenvalue weighted by Crippen LogP contribution is -2.28. The topological polar surface area (TPSA) is 75.4 Å². The molecule has 0 spiro atoms. The molecule has 2 saturated carbocycles. The molecule has 0 aliphatic heterocycles. The van der Waals surface area contributed by atoms with Gasteiger partial charge in [0, 0.05) is 6.54 Å². The van der Waals surface area contributed by atoms with Crippen molar-refractivity contribution in [1.29, 1.82) is 0 Å². The minimum absolute atomic E-state index is 0.597. The van der Waals surface area contributed by atoms with E-state index >= 15 is 0 Å². The van der Waals surface area contributed by atoms with Gasteiger partial charge in [0.25, 0.3) is 0 Å². The van der Waals surface area contributed by atoms with Gasteiger partial charge in [0.15, 0.2) is 0 Å². The average molecular weight is 270 g/mol. The molecule has 0 unspecified atom stereocenters. The second-order valence-corrected chi connectivity index (χ2v) is 5.93. The summed E-state index contributed by atoms with van der Waals surface area (Å²) in [6, 6.07) is 0. The van der Waals surface area contributed by atoms with Crippen molar-refractivity contribution < 1.29 is 9.90 Å². The van der Waals surface area contributed by atoms with Crippen molar-refractivity contribution in [3.63, 3.8) is 0 Å². The quantitative estimate of drug-likeness (QED) is 0.736. The third-order valence-electron chi connectivity index (χ3n) is 4.32.